The van der Waals surface area contributed by atoms with Crippen molar-refractivity contribution in [3.05, 3.63) is 29.8 Å². The Bertz CT molecular complexity index is 469. The van der Waals surface area contributed by atoms with Gasteiger partial charge in [0.1, 0.15) is 5.75 Å². The molecule has 18 heavy (non-hydrogen) atoms. The van der Waals surface area contributed by atoms with Gasteiger partial charge in [0.05, 0.1) is 6.21 Å². The van der Waals surface area contributed by atoms with E-state index in [0.717, 1.165) is 0 Å². The summed E-state index contributed by atoms with van der Waals surface area (Å²) in [7, 11) is 0. The number of amides is 2. The van der Waals surface area contributed by atoms with Crippen LogP contribution in [0, 0.1) is 0 Å². The molecular formula is C12H15N3O3. The minimum Gasteiger partial charge on any atom is -0.507 e. The lowest BCUT2D eigenvalue weighted by molar-refractivity contribution is -0.139. The summed E-state index contributed by atoms with van der Waals surface area (Å²) in [5.41, 5.74) is 2.52. The predicted molar refractivity (Wildman–Crippen MR) is 67.1 cm³/mol. The van der Waals surface area contributed by atoms with Gasteiger partial charge in [0.25, 0.3) is 0 Å². The minimum absolute atomic E-state index is 0.0436. The third-order valence-electron chi connectivity index (χ3n) is 1.93. The standard InChI is InChI=1S/C12H15N3O3/c1-8(2)14-11(17)12(18)15-13-7-9-5-3-4-6-10(9)16/h3-8,16H,1-2H3,(H,14,17)(H,15,18)/b13-7-. The number of benzene rings is 1. The summed E-state index contributed by atoms with van der Waals surface area (Å²) in [6, 6.07) is 6.38. The van der Waals surface area contributed by atoms with Gasteiger partial charge in [0, 0.05) is 11.6 Å². The Labute approximate surface area is 105 Å². The second-order valence-corrected chi connectivity index (χ2v) is 3.89. The fourth-order valence-corrected chi connectivity index (χ4v) is 1.14. The zero-order chi connectivity index (χ0) is 13.5. The molecule has 0 unspecified atom stereocenters. The molecule has 2 amide bonds. The number of phenols is 1. The SMILES string of the molecule is CC(C)NC(=O)C(=O)N/N=C\c1ccccc1O. The molecule has 0 fully saturated rings. The zero-order valence-electron chi connectivity index (χ0n) is 10.2. The number of hydrazone groups is 1. The highest BCUT2D eigenvalue weighted by Crippen LogP contribution is 2.12. The molecule has 0 saturated carbocycles. The van der Waals surface area contributed by atoms with E-state index in [9.17, 15) is 14.7 Å². The van der Waals surface area contributed by atoms with E-state index in [1.54, 1.807) is 32.0 Å². The number of nitrogens with zero attached hydrogens (tertiary/aromatic N) is 1. The monoisotopic (exact) mass is 249 g/mol. The van der Waals surface area contributed by atoms with E-state index >= 15 is 0 Å². The van der Waals surface area contributed by atoms with Gasteiger partial charge < -0.3 is 10.4 Å². The van der Waals surface area contributed by atoms with Crippen LogP contribution < -0.4 is 10.7 Å². The third-order valence-corrected chi connectivity index (χ3v) is 1.93. The lowest BCUT2D eigenvalue weighted by Crippen LogP contribution is -2.41. The second kappa shape index (κ2) is 6.39. The highest BCUT2D eigenvalue weighted by Gasteiger charge is 2.12. The number of carbonyl (C=O) groups is 2. The first-order chi connectivity index (χ1) is 8.50. The maximum Gasteiger partial charge on any atom is 0.329 e. The van der Waals surface area contributed by atoms with Crippen LogP contribution in [0.3, 0.4) is 0 Å². The van der Waals surface area contributed by atoms with Crippen LogP contribution in [0.1, 0.15) is 19.4 Å². The van der Waals surface area contributed by atoms with Gasteiger partial charge in [-0.15, -0.1) is 0 Å². The molecule has 0 aliphatic heterocycles. The van der Waals surface area contributed by atoms with E-state index in [1.165, 1.54) is 12.3 Å². The van der Waals surface area contributed by atoms with Gasteiger partial charge in [-0.25, -0.2) is 5.43 Å². The molecule has 3 N–H and O–H groups in total. The Morgan fingerprint density at radius 3 is 2.56 bits per heavy atom. The fourth-order valence-electron chi connectivity index (χ4n) is 1.14. The molecule has 1 rings (SSSR count). The first-order valence-electron chi connectivity index (χ1n) is 5.42. The number of hydrogen-bond acceptors (Lipinski definition) is 4. The molecule has 0 aromatic heterocycles. The van der Waals surface area contributed by atoms with E-state index in [0.29, 0.717) is 5.56 Å². The molecule has 0 radical (unpaired) electrons. The molecule has 0 aliphatic rings. The largest absolute Gasteiger partial charge is 0.507 e. The lowest BCUT2D eigenvalue weighted by atomic mass is 10.2. The van der Waals surface area contributed by atoms with Crippen LogP contribution in [-0.2, 0) is 9.59 Å². The van der Waals surface area contributed by atoms with E-state index in [4.69, 9.17) is 0 Å². The second-order valence-electron chi connectivity index (χ2n) is 3.89. The Morgan fingerprint density at radius 2 is 1.94 bits per heavy atom. The molecule has 0 atom stereocenters. The Hall–Kier alpha value is -2.37. The molecule has 6 nitrogen and oxygen atoms in total. The molecule has 0 bridgehead atoms. The Morgan fingerprint density at radius 1 is 1.28 bits per heavy atom. The molecule has 1 aromatic rings. The van der Waals surface area contributed by atoms with Crippen molar-refractivity contribution < 1.29 is 14.7 Å². The highest BCUT2D eigenvalue weighted by atomic mass is 16.3. The topological polar surface area (TPSA) is 90.8 Å². The van der Waals surface area contributed by atoms with Crippen molar-refractivity contribution in [2.75, 3.05) is 0 Å². The van der Waals surface area contributed by atoms with Crippen molar-refractivity contribution in [3.8, 4) is 5.75 Å². The minimum atomic E-state index is -0.852. The summed E-state index contributed by atoms with van der Waals surface area (Å²) in [5, 5.41) is 15.4. The molecule has 0 spiro atoms. The third kappa shape index (κ3) is 4.25. The summed E-state index contributed by atoms with van der Waals surface area (Å²) in [5.74, 6) is -1.56. The van der Waals surface area contributed by atoms with Gasteiger partial charge in [-0.05, 0) is 26.0 Å². The predicted octanol–water partition coefficient (Wildman–Crippen LogP) is 0.367. The number of hydrogen-bond donors (Lipinski definition) is 3. The molecule has 0 heterocycles. The molecule has 1 aromatic carbocycles. The summed E-state index contributed by atoms with van der Waals surface area (Å²) in [6.07, 6.45) is 1.26. The Kier molecular flexibility index (Phi) is 4.86. The number of rotatable bonds is 3. The van der Waals surface area contributed by atoms with Crippen LogP contribution in [0.4, 0.5) is 0 Å². The van der Waals surface area contributed by atoms with Crippen molar-refractivity contribution in [3.63, 3.8) is 0 Å². The van der Waals surface area contributed by atoms with Crippen molar-refractivity contribution in [1.29, 1.82) is 0 Å². The zero-order valence-corrected chi connectivity index (χ0v) is 10.2. The average molecular weight is 249 g/mol. The number of phenolic OH excluding ortho intramolecular Hbond substituents is 1. The van der Waals surface area contributed by atoms with Gasteiger partial charge in [-0.1, -0.05) is 12.1 Å². The summed E-state index contributed by atoms with van der Waals surface area (Å²) in [4.78, 5) is 22.5. The van der Waals surface area contributed by atoms with Gasteiger partial charge in [0.15, 0.2) is 0 Å². The smallest absolute Gasteiger partial charge is 0.329 e. The number of aromatic hydroxyl groups is 1. The van der Waals surface area contributed by atoms with Crippen LogP contribution in [-0.4, -0.2) is 29.2 Å². The van der Waals surface area contributed by atoms with Crippen LogP contribution in [0.15, 0.2) is 29.4 Å². The van der Waals surface area contributed by atoms with Gasteiger partial charge in [-0.2, -0.15) is 5.10 Å². The van der Waals surface area contributed by atoms with E-state index in [1.807, 2.05) is 0 Å². The van der Waals surface area contributed by atoms with E-state index < -0.39 is 11.8 Å². The van der Waals surface area contributed by atoms with Crippen molar-refractivity contribution >= 4 is 18.0 Å². The molecule has 96 valence electrons. The number of para-hydroxylation sites is 1. The fraction of sp³-hybridized carbons (Fsp3) is 0.250. The molecule has 0 aliphatic carbocycles. The summed E-state index contributed by atoms with van der Waals surface area (Å²) >= 11 is 0. The maximum atomic E-state index is 11.3. The van der Waals surface area contributed by atoms with Crippen molar-refractivity contribution in [2.45, 2.75) is 19.9 Å². The number of nitrogens with one attached hydrogen (secondary N) is 2. The van der Waals surface area contributed by atoms with E-state index in [2.05, 4.69) is 15.8 Å². The summed E-state index contributed by atoms with van der Waals surface area (Å²) in [6.45, 7) is 3.49. The van der Waals surface area contributed by atoms with Gasteiger partial charge >= 0.3 is 11.8 Å². The van der Waals surface area contributed by atoms with Crippen molar-refractivity contribution in [1.82, 2.24) is 10.7 Å². The van der Waals surface area contributed by atoms with Gasteiger partial charge in [0.2, 0.25) is 0 Å². The number of carbonyl (C=O) groups excluding carboxylic acids is 2. The van der Waals surface area contributed by atoms with Crippen LogP contribution in [0.25, 0.3) is 0 Å². The lowest BCUT2D eigenvalue weighted by Gasteiger charge is -2.06. The average Bonchev–Trinajstić information content (AvgIpc) is 2.30. The molecule has 6 heteroatoms. The van der Waals surface area contributed by atoms with E-state index in [-0.39, 0.29) is 11.8 Å². The first-order valence-corrected chi connectivity index (χ1v) is 5.42. The Balaban J connectivity index is 2.53. The molecular weight excluding hydrogens is 234 g/mol. The maximum absolute atomic E-state index is 11.3. The van der Waals surface area contributed by atoms with Crippen LogP contribution in [0.2, 0.25) is 0 Å². The van der Waals surface area contributed by atoms with Crippen LogP contribution in [0.5, 0.6) is 5.75 Å². The van der Waals surface area contributed by atoms with Crippen LogP contribution >= 0.6 is 0 Å². The highest BCUT2D eigenvalue weighted by molar-refractivity contribution is 6.35. The normalized spacial score (nSPS) is 10.6. The summed E-state index contributed by atoms with van der Waals surface area (Å²) < 4.78 is 0. The van der Waals surface area contributed by atoms with Gasteiger partial charge in [-0.3, -0.25) is 9.59 Å². The van der Waals surface area contributed by atoms with Crippen molar-refractivity contribution in [2.24, 2.45) is 5.10 Å². The quantitative estimate of drug-likeness (QED) is 0.410. The first kappa shape index (κ1) is 13.7. The molecule has 0 saturated heterocycles.